The Balaban J connectivity index is 2.40. The summed E-state index contributed by atoms with van der Waals surface area (Å²) in [5.74, 6) is -0.220. The maximum atomic E-state index is 11.8. The number of halogens is 1. The van der Waals surface area contributed by atoms with Crippen LogP contribution in [0.1, 0.15) is 31.9 Å². The maximum Gasteiger partial charge on any atom is 0.307 e. The third-order valence-electron chi connectivity index (χ3n) is 3.25. The molecule has 0 aliphatic rings. The molecule has 1 atom stereocenters. The number of aromatic nitrogens is 1. The molecule has 21 heavy (non-hydrogen) atoms. The second-order valence-electron chi connectivity index (χ2n) is 4.66. The number of carbonyl (C=O) groups is 1. The monoisotopic (exact) mass is 306 g/mol. The van der Waals surface area contributed by atoms with Gasteiger partial charge >= 0.3 is 5.97 Å². The average Bonchev–Trinajstić information content (AvgIpc) is 2.48. The molecule has 1 aromatic heterocycles. The summed E-state index contributed by atoms with van der Waals surface area (Å²) in [6.45, 7) is 4.95. The summed E-state index contributed by atoms with van der Waals surface area (Å²) in [6, 6.07) is 7.41. The standard InChI is InChI=1S/C16H19ClN2O2/c1-3-18-14(10-15(20)21-4-2)12-7-8-13(17)11-6-5-9-19-16(11)12/h5-9,14,18H,3-4,10H2,1-2H3. The van der Waals surface area contributed by atoms with Gasteiger partial charge in [-0.3, -0.25) is 9.78 Å². The quantitative estimate of drug-likeness (QED) is 0.830. The molecule has 1 heterocycles. The zero-order chi connectivity index (χ0) is 15.2. The third kappa shape index (κ3) is 3.71. The molecule has 1 N–H and O–H groups in total. The predicted octanol–water partition coefficient (Wildman–Crippen LogP) is 3.49. The lowest BCUT2D eigenvalue weighted by Crippen LogP contribution is -2.25. The number of ether oxygens (including phenoxy) is 1. The van der Waals surface area contributed by atoms with Crippen molar-refractivity contribution in [2.24, 2.45) is 0 Å². The van der Waals surface area contributed by atoms with Crippen molar-refractivity contribution in [3.63, 3.8) is 0 Å². The molecule has 2 aromatic rings. The number of nitrogens with zero attached hydrogens (tertiary/aromatic N) is 1. The Morgan fingerprint density at radius 2 is 2.19 bits per heavy atom. The summed E-state index contributed by atoms with van der Waals surface area (Å²) in [5, 5.41) is 4.87. The minimum Gasteiger partial charge on any atom is -0.466 e. The van der Waals surface area contributed by atoms with Crippen molar-refractivity contribution in [2.75, 3.05) is 13.2 Å². The van der Waals surface area contributed by atoms with Crippen LogP contribution in [0, 0.1) is 0 Å². The molecule has 0 aliphatic carbocycles. The van der Waals surface area contributed by atoms with Crippen molar-refractivity contribution < 1.29 is 9.53 Å². The third-order valence-corrected chi connectivity index (χ3v) is 3.58. The van der Waals surface area contributed by atoms with Gasteiger partial charge in [0.15, 0.2) is 0 Å². The summed E-state index contributed by atoms with van der Waals surface area (Å²) in [5.41, 5.74) is 1.78. The highest BCUT2D eigenvalue weighted by molar-refractivity contribution is 6.35. The van der Waals surface area contributed by atoms with Crippen LogP contribution in [0.15, 0.2) is 30.5 Å². The Bertz CT molecular complexity index is 631. The number of pyridine rings is 1. The van der Waals surface area contributed by atoms with Crippen LogP contribution in [-0.2, 0) is 9.53 Å². The summed E-state index contributed by atoms with van der Waals surface area (Å²) in [6.07, 6.45) is 2.00. The molecule has 0 radical (unpaired) electrons. The number of fused-ring (bicyclic) bond motifs is 1. The van der Waals surface area contributed by atoms with Crippen LogP contribution in [0.25, 0.3) is 10.9 Å². The minimum absolute atomic E-state index is 0.135. The van der Waals surface area contributed by atoms with Crippen LogP contribution < -0.4 is 5.32 Å². The van der Waals surface area contributed by atoms with Gasteiger partial charge in [-0.1, -0.05) is 24.6 Å². The van der Waals surface area contributed by atoms with Crippen molar-refractivity contribution >= 4 is 28.5 Å². The fourth-order valence-corrected chi connectivity index (χ4v) is 2.58. The van der Waals surface area contributed by atoms with Crippen molar-refractivity contribution in [2.45, 2.75) is 26.3 Å². The lowest BCUT2D eigenvalue weighted by Gasteiger charge is -2.19. The number of esters is 1. The van der Waals surface area contributed by atoms with Crippen molar-refractivity contribution in [3.8, 4) is 0 Å². The largest absolute Gasteiger partial charge is 0.466 e. The molecule has 2 rings (SSSR count). The van der Waals surface area contributed by atoms with E-state index >= 15 is 0 Å². The molecule has 4 nitrogen and oxygen atoms in total. The van der Waals surface area contributed by atoms with E-state index in [2.05, 4.69) is 10.3 Å². The predicted molar refractivity (Wildman–Crippen MR) is 84.4 cm³/mol. The summed E-state index contributed by atoms with van der Waals surface area (Å²) < 4.78 is 5.05. The molecule has 1 unspecified atom stereocenters. The molecule has 0 amide bonds. The molecule has 0 saturated carbocycles. The molecule has 0 bridgehead atoms. The van der Waals surface area contributed by atoms with Gasteiger partial charge in [-0.25, -0.2) is 0 Å². The average molecular weight is 307 g/mol. The normalized spacial score (nSPS) is 12.3. The number of hydrogen-bond acceptors (Lipinski definition) is 4. The van der Waals surface area contributed by atoms with Gasteiger partial charge in [0.25, 0.3) is 0 Å². The Labute approximate surface area is 129 Å². The van der Waals surface area contributed by atoms with Crippen molar-refractivity contribution in [1.82, 2.24) is 10.3 Å². The van der Waals surface area contributed by atoms with E-state index in [-0.39, 0.29) is 18.4 Å². The highest BCUT2D eigenvalue weighted by Crippen LogP contribution is 2.29. The zero-order valence-corrected chi connectivity index (χ0v) is 13.0. The molecule has 5 heteroatoms. The van der Waals surface area contributed by atoms with Crippen LogP contribution in [0.5, 0.6) is 0 Å². The number of hydrogen-bond donors (Lipinski definition) is 1. The van der Waals surface area contributed by atoms with Gasteiger partial charge < -0.3 is 10.1 Å². The number of nitrogens with one attached hydrogen (secondary N) is 1. The van der Waals surface area contributed by atoms with Crippen LogP contribution in [0.2, 0.25) is 5.02 Å². The van der Waals surface area contributed by atoms with E-state index in [1.165, 1.54) is 0 Å². The van der Waals surface area contributed by atoms with Crippen LogP contribution in [0.3, 0.4) is 0 Å². The SMILES string of the molecule is CCNC(CC(=O)OCC)c1ccc(Cl)c2cccnc12. The van der Waals surface area contributed by atoms with Crippen molar-refractivity contribution in [3.05, 3.63) is 41.0 Å². The van der Waals surface area contributed by atoms with Crippen LogP contribution in [-0.4, -0.2) is 24.1 Å². The van der Waals surface area contributed by atoms with E-state index < -0.39 is 0 Å². The van der Waals surface area contributed by atoms with Gasteiger partial charge in [0, 0.05) is 22.6 Å². The molecule has 1 aromatic carbocycles. The summed E-state index contributed by atoms with van der Waals surface area (Å²) in [4.78, 5) is 16.2. The highest BCUT2D eigenvalue weighted by atomic mass is 35.5. The Hall–Kier alpha value is -1.65. The van der Waals surface area contributed by atoms with Crippen molar-refractivity contribution in [1.29, 1.82) is 0 Å². The Morgan fingerprint density at radius 3 is 2.90 bits per heavy atom. The minimum atomic E-state index is -0.220. The topological polar surface area (TPSA) is 51.2 Å². The fraction of sp³-hybridized carbons (Fsp3) is 0.375. The van der Waals surface area contributed by atoms with E-state index in [9.17, 15) is 4.79 Å². The first-order valence-electron chi connectivity index (χ1n) is 7.09. The second-order valence-corrected chi connectivity index (χ2v) is 5.06. The Kier molecular flexibility index (Phi) is 5.53. The van der Waals surface area contributed by atoms with E-state index in [4.69, 9.17) is 16.3 Å². The number of rotatable bonds is 6. The summed E-state index contributed by atoms with van der Waals surface area (Å²) in [7, 11) is 0. The molecular formula is C16H19ClN2O2. The van der Waals surface area contributed by atoms with Crippen LogP contribution in [0.4, 0.5) is 0 Å². The first kappa shape index (κ1) is 15.7. The summed E-state index contributed by atoms with van der Waals surface area (Å²) >= 11 is 6.21. The van der Waals surface area contributed by atoms with E-state index in [1.807, 2.05) is 31.2 Å². The first-order valence-corrected chi connectivity index (χ1v) is 7.47. The Morgan fingerprint density at radius 1 is 1.38 bits per heavy atom. The molecule has 0 spiro atoms. The van der Waals surface area contributed by atoms with Gasteiger partial charge in [-0.2, -0.15) is 0 Å². The first-order chi connectivity index (χ1) is 10.2. The van der Waals surface area contributed by atoms with Gasteiger partial charge in [0.1, 0.15) is 0 Å². The van der Waals surface area contributed by atoms with E-state index in [0.717, 1.165) is 23.0 Å². The number of carbonyl (C=O) groups excluding carboxylic acids is 1. The lowest BCUT2D eigenvalue weighted by molar-refractivity contribution is -0.143. The molecule has 112 valence electrons. The molecule has 0 fully saturated rings. The molecule has 0 saturated heterocycles. The van der Waals surface area contributed by atoms with Gasteiger partial charge in [-0.05, 0) is 37.2 Å². The van der Waals surface area contributed by atoms with Crippen LogP contribution >= 0.6 is 11.6 Å². The van der Waals surface area contributed by atoms with Gasteiger partial charge in [-0.15, -0.1) is 0 Å². The van der Waals surface area contributed by atoms with E-state index in [0.29, 0.717) is 11.6 Å². The fourth-order valence-electron chi connectivity index (χ4n) is 2.37. The highest BCUT2D eigenvalue weighted by Gasteiger charge is 2.19. The van der Waals surface area contributed by atoms with Gasteiger partial charge in [0.05, 0.1) is 18.5 Å². The smallest absolute Gasteiger partial charge is 0.307 e. The number of benzene rings is 1. The maximum absolute atomic E-state index is 11.8. The zero-order valence-electron chi connectivity index (χ0n) is 12.2. The lowest BCUT2D eigenvalue weighted by atomic mass is 10.00. The molecule has 0 aliphatic heterocycles. The molecular weight excluding hydrogens is 288 g/mol. The van der Waals surface area contributed by atoms with Gasteiger partial charge in [0.2, 0.25) is 0 Å². The van der Waals surface area contributed by atoms with E-state index in [1.54, 1.807) is 13.1 Å². The second kappa shape index (κ2) is 7.38.